The van der Waals surface area contributed by atoms with Crippen LogP contribution in [0.1, 0.15) is 5.56 Å². The third-order valence-corrected chi connectivity index (χ3v) is 1.77. The van der Waals surface area contributed by atoms with E-state index in [1.54, 1.807) is 12.1 Å². The first-order chi connectivity index (χ1) is 7.49. The van der Waals surface area contributed by atoms with Gasteiger partial charge < -0.3 is 21.1 Å². The first kappa shape index (κ1) is 14.5. The molecule has 0 saturated carbocycles. The third-order valence-electron chi connectivity index (χ3n) is 1.53. The molecule has 0 amide bonds. The Labute approximate surface area is 98.1 Å². The zero-order valence-corrected chi connectivity index (χ0v) is 9.22. The van der Waals surface area contributed by atoms with Crippen LogP contribution in [0, 0.1) is 0 Å². The SMILES string of the molecule is NC(CO)C(=O)O.OC(=S)c1ccccc1. The summed E-state index contributed by atoms with van der Waals surface area (Å²) in [6.07, 6.45) is 0. The second-order valence-electron chi connectivity index (χ2n) is 2.80. The Hall–Kier alpha value is -1.50. The van der Waals surface area contributed by atoms with E-state index in [1.807, 2.05) is 18.2 Å². The van der Waals surface area contributed by atoms with Crippen molar-refractivity contribution >= 4 is 23.2 Å². The largest absolute Gasteiger partial charge is 0.499 e. The zero-order chi connectivity index (χ0) is 12.6. The van der Waals surface area contributed by atoms with Crippen molar-refractivity contribution in [2.75, 3.05) is 6.61 Å². The number of aliphatic carboxylic acids is 1. The van der Waals surface area contributed by atoms with E-state index >= 15 is 0 Å². The minimum absolute atomic E-state index is 0.0457. The number of nitrogens with two attached hydrogens (primary N) is 1. The second kappa shape index (κ2) is 7.75. The molecule has 0 aliphatic rings. The lowest BCUT2D eigenvalue weighted by Crippen LogP contribution is -2.33. The molecular weight excluding hydrogens is 230 g/mol. The number of carbonyl (C=O) groups is 1. The number of aliphatic hydroxyl groups is 2. The van der Waals surface area contributed by atoms with Crippen LogP contribution in [-0.2, 0) is 4.79 Å². The van der Waals surface area contributed by atoms with Gasteiger partial charge in [0, 0.05) is 5.56 Å². The van der Waals surface area contributed by atoms with Gasteiger partial charge in [-0.3, -0.25) is 4.79 Å². The number of hydrogen-bond donors (Lipinski definition) is 4. The number of carboxylic acid groups (broad SMARTS) is 1. The molecule has 1 atom stereocenters. The summed E-state index contributed by atoms with van der Waals surface area (Å²) in [5, 5.41) is 24.6. The summed E-state index contributed by atoms with van der Waals surface area (Å²) in [5.74, 6) is -1.18. The fraction of sp³-hybridized carbons (Fsp3) is 0.200. The molecule has 0 spiro atoms. The minimum atomic E-state index is -1.18. The van der Waals surface area contributed by atoms with Crippen molar-refractivity contribution in [2.45, 2.75) is 6.04 Å². The van der Waals surface area contributed by atoms with Crippen LogP contribution in [0.2, 0.25) is 0 Å². The number of hydrogen-bond acceptors (Lipinski definition) is 4. The molecule has 1 aromatic carbocycles. The van der Waals surface area contributed by atoms with Gasteiger partial charge in [0.1, 0.15) is 6.04 Å². The van der Waals surface area contributed by atoms with E-state index in [2.05, 4.69) is 12.2 Å². The average molecular weight is 243 g/mol. The van der Waals surface area contributed by atoms with Gasteiger partial charge in [-0.15, -0.1) is 0 Å². The highest BCUT2D eigenvalue weighted by Crippen LogP contribution is 1.97. The number of aliphatic hydroxyl groups excluding tert-OH is 2. The summed E-state index contributed by atoms with van der Waals surface area (Å²) in [6.45, 7) is -0.505. The van der Waals surface area contributed by atoms with Gasteiger partial charge in [-0.25, -0.2) is 0 Å². The molecule has 0 aliphatic carbocycles. The Bertz CT molecular complexity index is 342. The van der Waals surface area contributed by atoms with Crippen molar-refractivity contribution in [3.05, 3.63) is 35.9 Å². The fourth-order valence-electron chi connectivity index (χ4n) is 0.659. The Balaban J connectivity index is 0.000000293. The molecule has 1 aromatic rings. The molecule has 1 rings (SSSR count). The molecule has 0 aromatic heterocycles. The topological polar surface area (TPSA) is 104 Å². The van der Waals surface area contributed by atoms with E-state index in [0.29, 0.717) is 5.56 Å². The maximum atomic E-state index is 9.65. The standard InChI is InChI=1S/C7H6OS.C3H7NO3/c8-7(9)6-4-2-1-3-5-6;4-2(1-5)3(6)7/h1-5H,(H,8,9);2,5H,1,4H2,(H,6,7). The van der Waals surface area contributed by atoms with Gasteiger partial charge in [0.2, 0.25) is 0 Å². The molecule has 0 bridgehead atoms. The summed E-state index contributed by atoms with van der Waals surface area (Å²) in [4.78, 5) is 9.65. The number of benzene rings is 1. The molecule has 0 heterocycles. The van der Waals surface area contributed by atoms with E-state index < -0.39 is 18.6 Å². The third kappa shape index (κ3) is 6.07. The lowest BCUT2D eigenvalue weighted by Gasteiger charge is -1.96. The fourth-order valence-corrected chi connectivity index (χ4v) is 0.795. The van der Waals surface area contributed by atoms with Crippen molar-refractivity contribution in [2.24, 2.45) is 5.73 Å². The van der Waals surface area contributed by atoms with Crippen LogP contribution in [0.15, 0.2) is 30.3 Å². The summed E-state index contributed by atoms with van der Waals surface area (Å²) in [7, 11) is 0. The predicted octanol–water partition coefficient (Wildman–Crippen LogP) is 0.311. The number of thiocarbonyl (C=S) groups is 1. The molecule has 0 aliphatic heterocycles. The molecule has 5 nitrogen and oxygen atoms in total. The number of rotatable bonds is 3. The van der Waals surface area contributed by atoms with Gasteiger partial charge in [-0.05, 0) is 12.2 Å². The highest BCUT2D eigenvalue weighted by atomic mass is 32.1. The Morgan fingerprint density at radius 1 is 1.31 bits per heavy atom. The Kier molecular flexibility index (Phi) is 7.02. The molecule has 6 heteroatoms. The normalized spacial score (nSPS) is 10.9. The Morgan fingerprint density at radius 2 is 1.81 bits per heavy atom. The summed E-state index contributed by atoms with van der Waals surface area (Å²) >= 11 is 4.52. The highest BCUT2D eigenvalue weighted by molar-refractivity contribution is 7.80. The maximum Gasteiger partial charge on any atom is 0.322 e. The van der Waals surface area contributed by atoms with Gasteiger partial charge >= 0.3 is 5.97 Å². The van der Waals surface area contributed by atoms with Crippen molar-refractivity contribution in [3.8, 4) is 0 Å². The Morgan fingerprint density at radius 3 is 2.00 bits per heavy atom. The van der Waals surface area contributed by atoms with Crippen molar-refractivity contribution < 1.29 is 20.1 Å². The van der Waals surface area contributed by atoms with E-state index in [4.69, 9.17) is 21.1 Å². The minimum Gasteiger partial charge on any atom is -0.499 e. The van der Waals surface area contributed by atoms with Crippen LogP contribution in [0.25, 0.3) is 0 Å². The molecule has 88 valence electrons. The van der Waals surface area contributed by atoms with E-state index in [1.165, 1.54) is 0 Å². The van der Waals surface area contributed by atoms with Crippen LogP contribution in [0.4, 0.5) is 0 Å². The molecule has 16 heavy (non-hydrogen) atoms. The molecule has 5 N–H and O–H groups in total. The monoisotopic (exact) mass is 243 g/mol. The zero-order valence-electron chi connectivity index (χ0n) is 8.41. The van der Waals surface area contributed by atoms with Crippen LogP contribution in [-0.4, -0.2) is 39.0 Å². The quantitative estimate of drug-likeness (QED) is 0.570. The van der Waals surface area contributed by atoms with Crippen LogP contribution in [0.3, 0.4) is 0 Å². The van der Waals surface area contributed by atoms with Gasteiger partial charge in [-0.2, -0.15) is 0 Å². The summed E-state index contributed by atoms with van der Waals surface area (Å²) in [6, 6.07) is 7.95. The first-order valence-electron chi connectivity index (χ1n) is 4.36. The van der Waals surface area contributed by atoms with Crippen molar-refractivity contribution in [1.29, 1.82) is 0 Å². The first-order valence-corrected chi connectivity index (χ1v) is 4.77. The predicted molar refractivity (Wildman–Crippen MR) is 63.5 cm³/mol. The van der Waals surface area contributed by atoms with E-state index in [-0.39, 0.29) is 5.05 Å². The van der Waals surface area contributed by atoms with Crippen molar-refractivity contribution in [3.63, 3.8) is 0 Å². The summed E-state index contributed by atoms with van der Waals surface area (Å²) < 4.78 is 0. The van der Waals surface area contributed by atoms with Gasteiger partial charge in [0.05, 0.1) is 6.61 Å². The average Bonchev–Trinajstić information content (AvgIpc) is 2.29. The molecule has 0 fully saturated rings. The summed E-state index contributed by atoms with van der Waals surface area (Å²) in [5.41, 5.74) is 5.47. The molecule has 1 unspecified atom stereocenters. The van der Waals surface area contributed by atoms with Gasteiger partial charge in [-0.1, -0.05) is 30.3 Å². The highest BCUT2D eigenvalue weighted by Gasteiger charge is 2.06. The van der Waals surface area contributed by atoms with Crippen LogP contribution in [0.5, 0.6) is 0 Å². The smallest absolute Gasteiger partial charge is 0.322 e. The van der Waals surface area contributed by atoms with Gasteiger partial charge in [0.15, 0.2) is 5.05 Å². The molecular formula is C10H13NO4S. The number of carboxylic acids is 1. The second-order valence-corrected chi connectivity index (χ2v) is 3.19. The molecule has 0 saturated heterocycles. The van der Waals surface area contributed by atoms with Crippen molar-refractivity contribution in [1.82, 2.24) is 0 Å². The lowest BCUT2D eigenvalue weighted by molar-refractivity contribution is -0.139. The lowest BCUT2D eigenvalue weighted by atomic mass is 10.2. The molecule has 0 radical (unpaired) electrons. The van der Waals surface area contributed by atoms with Gasteiger partial charge in [0.25, 0.3) is 0 Å². The van der Waals surface area contributed by atoms with E-state index in [0.717, 1.165) is 0 Å². The van der Waals surface area contributed by atoms with Crippen LogP contribution < -0.4 is 5.73 Å². The van der Waals surface area contributed by atoms with E-state index in [9.17, 15) is 4.79 Å². The van der Waals surface area contributed by atoms with Crippen LogP contribution >= 0.6 is 12.2 Å². The maximum absolute atomic E-state index is 9.65.